The van der Waals surface area contributed by atoms with E-state index >= 15 is 0 Å². The summed E-state index contributed by atoms with van der Waals surface area (Å²) in [6.07, 6.45) is 0. The van der Waals surface area contributed by atoms with Gasteiger partial charge in [-0.1, -0.05) is 66.7 Å². The molecule has 0 radical (unpaired) electrons. The molecule has 0 saturated heterocycles. The zero-order valence-corrected chi connectivity index (χ0v) is 27.5. The maximum absolute atomic E-state index is 6.41. The van der Waals surface area contributed by atoms with Gasteiger partial charge in [0.15, 0.2) is 5.58 Å². The van der Waals surface area contributed by atoms with Gasteiger partial charge >= 0.3 is 0 Å². The number of aromatic nitrogens is 1. The first-order valence-electron chi connectivity index (χ1n) is 16.2. The molecule has 0 saturated carbocycles. The zero-order chi connectivity index (χ0) is 32.1. The van der Waals surface area contributed by atoms with E-state index in [0.29, 0.717) is 5.89 Å². The molecular weight excluding hydrogens is 641 g/mol. The largest absolute Gasteiger partial charge is 0.456 e. The normalized spacial score (nSPS) is 12.1. The van der Waals surface area contributed by atoms with Crippen molar-refractivity contribution in [2.24, 2.45) is 0 Å². The van der Waals surface area contributed by atoms with Crippen LogP contribution >= 0.6 is 22.7 Å². The molecule has 0 atom stereocenters. The third-order valence-corrected chi connectivity index (χ3v) is 11.8. The SMILES string of the molecule is c1ccc(-c2nc3cc4oc5ccc(N(c6ccc7c(c6)sc6ccccc67)c6ccc7c(c6)sc6ccccc67)cc5c4cc3o2)cc1. The summed E-state index contributed by atoms with van der Waals surface area (Å²) < 4.78 is 17.8. The van der Waals surface area contributed by atoms with E-state index in [1.165, 1.54) is 40.3 Å². The molecule has 0 aliphatic rings. The first kappa shape index (κ1) is 27.0. The number of anilines is 3. The van der Waals surface area contributed by atoms with E-state index in [2.05, 4.69) is 114 Å². The fourth-order valence-electron chi connectivity index (χ4n) is 7.18. The van der Waals surface area contributed by atoms with Gasteiger partial charge < -0.3 is 13.7 Å². The van der Waals surface area contributed by atoms with Crippen LogP contribution in [0.25, 0.3) is 84.8 Å². The highest BCUT2D eigenvalue weighted by molar-refractivity contribution is 7.26. The van der Waals surface area contributed by atoms with Crippen LogP contribution in [0.15, 0.2) is 154 Å². The minimum Gasteiger partial charge on any atom is -0.456 e. The Kier molecular flexibility index (Phi) is 5.67. The minimum absolute atomic E-state index is 0.604. The Bertz CT molecular complexity index is 2960. The first-order chi connectivity index (χ1) is 24.2. The molecule has 0 spiro atoms. The molecule has 0 aliphatic heterocycles. The highest BCUT2D eigenvalue weighted by Crippen LogP contribution is 2.44. The standard InChI is InChI=1S/C43H24N2O2S2/c1-2-8-25(9-3-1)43-44-35-24-37-34(23-38(35)47-43)33-20-26(16-19-36(33)46-37)45(27-14-17-31-29-10-4-6-12-39(29)48-41(31)21-27)28-15-18-32-30-11-5-7-13-40(30)49-42(32)22-28/h1-24H. The molecule has 6 heteroatoms. The van der Waals surface area contributed by atoms with Crippen molar-refractivity contribution in [1.82, 2.24) is 4.98 Å². The number of thiophene rings is 2. The molecular formula is C43H24N2O2S2. The number of benzene rings is 7. The topological polar surface area (TPSA) is 42.4 Å². The molecule has 230 valence electrons. The molecule has 0 fully saturated rings. The minimum atomic E-state index is 0.604. The van der Waals surface area contributed by atoms with E-state index in [-0.39, 0.29) is 0 Å². The van der Waals surface area contributed by atoms with Crippen LogP contribution < -0.4 is 4.90 Å². The molecule has 4 aromatic heterocycles. The Morgan fingerprint density at radius 1 is 0.408 bits per heavy atom. The lowest BCUT2D eigenvalue weighted by Crippen LogP contribution is -2.09. The first-order valence-corrected chi connectivity index (χ1v) is 17.8. The molecule has 4 nitrogen and oxygen atoms in total. The summed E-state index contributed by atoms with van der Waals surface area (Å²) >= 11 is 3.68. The van der Waals surface area contributed by atoms with Gasteiger partial charge in [-0.3, -0.25) is 0 Å². The fraction of sp³-hybridized carbons (Fsp3) is 0. The van der Waals surface area contributed by atoms with E-state index in [9.17, 15) is 0 Å². The van der Waals surface area contributed by atoms with Gasteiger partial charge in [0, 0.05) is 79.8 Å². The van der Waals surface area contributed by atoms with Crippen LogP contribution in [0.1, 0.15) is 0 Å². The second-order valence-electron chi connectivity index (χ2n) is 12.4. The van der Waals surface area contributed by atoms with Gasteiger partial charge in [0.2, 0.25) is 5.89 Å². The number of rotatable bonds is 4. The smallest absolute Gasteiger partial charge is 0.227 e. The summed E-state index contributed by atoms with van der Waals surface area (Å²) in [7, 11) is 0. The summed E-state index contributed by atoms with van der Waals surface area (Å²) in [6.45, 7) is 0. The molecule has 0 aliphatic carbocycles. The molecule has 49 heavy (non-hydrogen) atoms. The van der Waals surface area contributed by atoms with E-state index in [1.54, 1.807) is 0 Å². The van der Waals surface area contributed by atoms with Crippen molar-refractivity contribution in [3.63, 3.8) is 0 Å². The summed E-state index contributed by atoms with van der Waals surface area (Å²) in [4.78, 5) is 7.14. The van der Waals surface area contributed by atoms with Crippen LogP contribution in [0.4, 0.5) is 17.1 Å². The molecule has 0 unspecified atom stereocenters. The fourth-order valence-corrected chi connectivity index (χ4v) is 9.46. The second-order valence-corrected chi connectivity index (χ2v) is 14.5. The molecule has 11 aromatic rings. The lowest BCUT2D eigenvalue weighted by atomic mass is 10.1. The van der Waals surface area contributed by atoms with Crippen molar-refractivity contribution in [2.45, 2.75) is 0 Å². The van der Waals surface area contributed by atoms with E-state index in [4.69, 9.17) is 13.8 Å². The quantitative estimate of drug-likeness (QED) is 0.188. The molecule has 0 bridgehead atoms. The number of oxazole rings is 1. The predicted molar refractivity (Wildman–Crippen MR) is 207 cm³/mol. The maximum Gasteiger partial charge on any atom is 0.227 e. The van der Waals surface area contributed by atoms with E-state index < -0.39 is 0 Å². The van der Waals surface area contributed by atoms with Crippen molar-refractivity contribution in [3.05, 3.63) is 146 Å². The Hall–Kier alpha value is -5.95. The molecule has 7 aromatic carbocycles. The lowest BCUT2D eigenvalue weighted by molar-refractivity contribution is 0.620. The summed E-state index contributed by atoms with van der Waals surface area (Å²) in [5.74, 6) is 0.604. The van der Waals surface area contributed by atoms with Crippen LogP contribution in [0.5, 0.6) is 0 Å². The van der Waals surface area contributed by atoms with Crippen LogP contribution in [-0.4, -0.2) is 4.98 Å². The van der Waals surface area contributed by atoms with Gasteiger partial charge in [-0.25, -0.2) is 4.98 Å². The highest BCUT2D eigenvalue weighted by Gasteiger charge is 2.19. The number of hydrogen-bond acceptors (Lipinski definition) is 6. The molecule has 11 rings (SSSR count). The van der Waals surface area contributed by atoms with Gasteiger partial charge in [-0.2, -0.15) is 0 Å². The lowest BCUT2D eigenvalue weighted by Gasteiger charge is -2.25. The number of fused-ring (bicyclic) bond motifs is 10. The summed E-state index contributed by atoms with van der Waals surface area (Å²) in [6, 6.07) is 51.5. The van der Waals surface area contributed by atoms with Crippen LogP contribution in [0, 0.1) is 0 Å². The van der Waals surface area contributed by atoms with Crippen molar-refractivity contribution in [3.8, 4) is 11.5 Å². The van der Waals surface area contributed by atoms with E-state index in [0.717, 1.165) is 55.7 Å². The Labute approximate surface area is 287 Å². The third kappa shape index (κ3) is 4.18. The van der Waals surface area contributed by atoms with Crippen molar-refractivity contribution < 1.29 is 8.83 Å². The van der Waals surface area contributed by atoms with Crippen LogP contribution in [-0.2, 0) is 0 Å². The van der Waals surface area contributed by atoms with Crippen molar-refractivity contribution >= 4 is 113 Å². The predicted octanol–water partition coefficient (Wildman–Crippen LogP) is 13.6. The summed E-state index contributed by atoms with van der Waals surface area (Å²) in [5, 5.41) is 7.20. The van der Waals surface area contributed by atoms with Gasteiger partial charge in [0.25, 0.3) is 0 Å². The maximum atomic E-state index is 6.41. The Morgan fingerprint density at radius 2 is 0.980 bits per heavy atom. The molecule has 0 N–H and O–H groups in total. The average Bonchev–Trinajstić information content (AvgIpc) is 3.91. The average molecular weight is 665 g/mol. The monoisotopic (exact) mass is 664 g/mol. The van der Waals surface area contributed by atoms with Gasteiger partial charge in [-0.05, 0) is 72.8 Å². The van der Waals surface area contributed by atoms with Gasteiger partial charge in [0.1, 0.15) is 16.7 Å². The Morgan fingerprint density at radius 3 is 1.67 bits per heavy atom. The van der Waals surface area contributed by atoms with Crippen molar-refractivity contribution in [2.75, 3.05) is 4.90 Å². The molecule has 0 amide bonds. The number of furan rings is 1. The number of hydrogen-bond donors (Lipinski definition) is 0. The Balaban J connectivity index is 1.12. The highest BCUT2D eigenvalue weighted by atomic mass is 32.1. The van der Waals surface area contributed by atoms with Crippen LogP contribution in [0.2, 0.25) is 0 Å². The van der Waals surface area contributed by atoms with Gasteiger partial charge in [0.05, 0.1) is 0 Å². The second kappa shape index (κ2) is 10.3. The van der Waals surface area contributed by atoms with Crippen LogP contribution in [0.3, 0.4) is 0 Å². The van der Waals surface area contributed by atoms with Gasteiger partial charge in [-0.15, -0.1) is 22.7 Å². The van der Waals surface area contributed by atoms with Crippen molar-refractivity contribution in [1.29, 1.82) is 0 Å². The van der Waals surface area contributed by atoms with E-state index in [1.807, 2.05) is 59.1 Å². The zero-order valence-electron chi connectivity index (χ0n) is 25.9. The summed E-state index contributed by atoms with van der Waals surface area (Å²) in [5.41, 5.74) is 7.35. The third-order valence-electron chi connectivity index (χ3n) is 9.48. The number of nitrogens with zero attached hydrogens (tertiary/aromatic N) is 2. The molecule has 4 heterocycles.